The van der Waals surface area contributed by atoms with Gasteiger partial charge in [-0.25, -0.2) is 0 Å². The number of carboxylic acid groups (broad SMARTS) is 1. The molecule has 1 unspecified atom stereocenters. The summed E-state index contributed by atoms with van der Waals surface area (Å²) in [6.45, 7) is 4.20. The molecule has 0 saturated carbocycles. The fourth-order valence-electron chi connectivity index (χ4n) is 1.51. The van der Waals surface area contributed by atoms with Crippen molar-refractivity contribution in [2.45, 2.75) is 26.3 Å². The van der Waals surface area contributed by atoms with Gasteiger partial charge in [-0.15, -0.1) is 11.3 Å². The van der Waals surface area contributed by atoms with Crippen LogP contribution >= 0.6 is 23.1 Å². The molecule has 0 bridgehead atoms. The van der Waals surface area contributed by atoms with Crippen LogP contribution in [0.5, 0.6) is 0 Å². The van der Waals surface area contributed by atoms with E-state index in [1.165, 1.54) is 11.3 Å². The van der Waals surface area contributed by atoms with Crippen molar-refractivity contribution < 1.29 is 14.7 Å². The van der Waals surface area contributed by atoms with Crippen molar-refractivity contribution >= 4 is 35.0 Å². The molecule has 0 aliphatic heterocycles. The minimum atomic E-state index is -0.909. The molecule has 1 amide bonds. The smallest absolute Gasteiger partial charge is 0.305 e. The number of carbonyl (C=O) groups excluding carboxylic acids is 1. The van der Waals surface area contributed by atoms with Crippen molar-refractivity contribution in [3.63, 3.8) is 0 Å². The van der Waals surface area contributed by atoms with Gasteiger partial charge in [0.15, 0.2) is 0 Å². The first-order valence-electron chi connectivity index (χ1n) is 6.11. The zero-order chi connectivity index (χ0) is 14.3. The summed E-state index contributed by atoms with van der Waals surface area (Å²) in [6.07, 6.45) is -0.0822. The van der Waals surface area contributed by atoms with E-state index in [9.17, 15) is 9.59 Å². The van der Waals surface area contributed by atoms with Crippen molar-refractivity contribution in [1.82, 2.24) is 5.32 Å². The quantitative estimate of drug-likeness (QED) is 0.775. The topological polar surface area (TPSA) is 66.4 Å². The Hall–Kier alpha value is -1.01. The molecule has 1 rings (SSSR count). The molecule has 4 nitrogen and oxygen atoms in total. The third-order valence-corrected chi connectivity index (χ3v) is 4.64. The van der Waals surface area contributed by atoms with E-state index in [1.807, 2.05) is 17.5 Å². The maximum Gasteiger partial charge on any atom is 0.305 e. The van der Waals surface area contributed by atoms with Gasteiger partial charge >= 0.3 is 5.97 Å². The van der Waals surface area contributed by atoms with Gasteiger partial charge in [0.1, 0.15) is 0 Å². The largest absolute Gasteiger partial charge is 0.481 e. The van der Waals surface area contributed by atoms with Crippen LogP contribution in [0.3, 0.4) is 0 Å². The molecular formula is C13H19NO3S2. The molecule has 0 radical (unpaired) electrons. The van der Waals surface area contributed by atoms with Crippen LogP contribution in [0, 0.1) is 5.92 Å². The number of thiophene rings is 1. The molecule has 1 aromatic heterocycles. The van der Waals surface area contributed by atoms with Crippen molar-refractivity contribution in [3.8, 4) is 0 Å². The van der Waals surface area contributed by atoms with Gasteiger partial charge in [-0.3, -0.25) is 9.59 Å². The molecule has 106 valence electrons. The summed E-state index contributed by atoms with van der Waals surface area (Å²) in [5.41, 5.74) is 0. The summed E-state index contributed by atoms with van der Waals surface area (Å²) in [6, 6.07) is 3.28. The Morgan fingerprint density at radius 3 is 2.74 bits per heavy atom. The first-order valence-corrected chi connectivity index (χ1v) is 8.14. The number of amides is 1. The lowest BCUT2D eigenvalue weighted by molar-refractivity contribution is -0.137. The number of carbonyl (C=O) groups is 2. The molecule has 19 heavy (non-hydrogen) atoms. The number of thioether (sulfide) groups is 1. The Labute approximate surface area is 121 Å². The lowest BCUT2D eigenvalue weighted by atomic mass is 10.1. The number of hydrogen-bond acceptors (Lipinski definition) is 4. The van der Waals surface area contributed by atoms with Crippen LogP contribution in [0.15, 0.2) is 17.5 Å². The molecular weight excluding hydrogens is 282 g/mol. The SMILES string of the molecule is CC(C)CSCC(=O)NC(CC(=O)O)c1cccs1. The standard InChI is InChI=1S/C13H19NO3S2/c1-9(2)7-18-8-12(15)14-10(6-13(16)17)11-4-3-5-19-11/h3-5,9-10H,6-8H2,1-2H3,(H,14,15)(H,16,17). The van der Waals surface area contributed by atoms with Crippen LogP contribution in [0.4, 0.5) is 0 Å². The predicted molar refractivity (Wildman–Crippen MR) is 79.6 cm³/mol. The van der Waals surface area contributed by atoms with Gasteiger partial charge in [0.25, 0.3) is 0 Å². The van der Waals surface area contributed by atoms with Gasteiger partial charge < -0.3 is 10.4 Å². The summed E-state index contributed by atoms with van der Waals surface area (Å²) in [5.74, 6) is 0.833. The van der Waals surface area contributed by atoms with Crippen LogP contribution in [-0.2, 0) is 9.59 Å². The molecule has 0 fully saturated rings. The lowest BCUT2D eigenvalue weighted by Crippen LogP contribution is -2.31. The molecule has 0 aliphatic carbocycles. The monoisotopic (exact) mass is 301 g/mol. The fraction of sp³-hybridized carbons (Fsp3) is 0.538. The van der Waals surface area contributed by atoms with Crippen LogP contribution in [0.2, 0.25) is 0 Å². The molecule has 0 saturated heterocycles. The average molecular weight is 301 g/mol. The predicted octanol–water partition coefficient (Wildman–Crippen LogP) is 2.77. The maximum atomic E-state index is 11.8. The van der Waals surface area contributed by atoms with Crippen LogP contribution in [0.1, 0.15) is 31.2 Å². The third-order valence-electron chi connectivity index (χ3n) is 2.28. The van der Waals surface area contributed by atoms with Crippen molar-refractivity contribution in [2.75, 3.05) is 11.5 Å². The van der Waals surface area contributed by atoms with E-state index < -0.39 is 12.0 Å². The van der Waals surface area contributed by atoms with Crippen molar-refractivity contribution in [3.05, 3.63) is 22.4 Å². The molecule has 0 spiro atoms. The van der Waals surface area contributed by atoms with Gasteiger partial charge in [0.2, 0.25) is 5.91 Å². The van der Waals surface area contributed by atoms with E-state index in [0.717, 1.165) is 10.6 Å². The summed E-state index contributed by atoms with van der Waals surface area (Å²) >= 11 is 3.03. The molecule has 1 aromatic rings. The van der Waals surface area contributed by atoms with Gasteiger partial charge in [-0.2, -0.15) is 11.8 Å². The Bertz CT molecular complexity index is 404. The molecule has 0 aromatic carbocycles. The number of nitrogens with one attached hydrogen (secondary N) is 1. The van der Waals surface area contributed by atoms with E-state index in [-0.39, 0.29) is 12.3 Å². The molecule has 1 atom stereocenters. The second-order valence-corrected chi connectivity index (χ2v) is 6.65. The Morgan fingerprint density at radius 2 is 2.21 bits per heavy atom. The summed E-state index contributed by atoms with van der Waals surface area (Å²) in [7, 11) is 0. The van der Waals surface area contributed by atoms with Crippen LogP contribution in [-0.4, -0.2) is 28.5 Å². The number of hydrogen-bond donors (Lipinski definition) is 2. The minimum Gasteiger partial charge on any atom is -0.481 e. The highest BCUT2D eigenvalue weighted by atomic mass is 32.2. The van der Waals surface area contributed by atoms with Crippen molar-refractivity contribution in [1.29, 1.82) is 0 Å². The summed E-state index contributed by atoms with van der Waals surface area (Å²) in [4.78, 5) is 23.5. The normalized spacial score (nSPS) is 12.4. The summed E-state index contributed by atoms with van der Waals surface area (Å²) < 4.78 is 0. The van der Waals surface area contributed by atoms with E-state index in [4.69, 9.17) is 5.11 Å². The van der Waals surface area contributed by atoms with Gasteiger partial charge in [-0.1, -0.05) is 19.9 Å². The van der Waals surface area contributed by atoms with E-state index >= 15 is 0 Å². The fourth-order valence-corrected chi connectivity index (χ4v) is 3.15. The van der Waals surface area contributed by atoms with Gasteiger partial charge in [-0.05, 0) is 23.1 Å². The second kappa shape index (κ2) is 8.22. The average Bonchev–Trinajstić information content (AvgIpc) is 2.80. The van der Waals surface area contributed by atoms with E-state index in [0.29, 0.717) is 11.7 Å². The number of rotatable bonds is 8. The molecule has 2 N–H and O–H groups in total. The van der Waals surface area contributed by atoms with Crippen molar-refractivity contribution in [2.24, 2.45) is 5.92 Å². The minimum absolute atomic E-state index is 0.0822. The van der Waals surface area contributed by atoms with Crippen LogP contribution < -0.4 is 5.32 Å². The maximum absolute atomic E-state index is 11.8. The van der Waals surface area contributed by atoms with E-state index in [1.54, 1.807) is 11.8 Å². The van der Waals surface area contributed by atoms with Crippen LogP contribution in [0.25, 0.3) is 0 Å². The molecule has 0 aliphatic rings. The third kappa shape index (κ3) is 6.63. The highest BCUT2D eigenvalue weighted by molar-refractivity contribution is 7.99. The zero-order valence-electron chi connectivity index (χ0n) is 11.1. The highest BCUT2D eigenvalue weighted by Gasteiger charge is 2.18. The number of aliphatic carboxylic acids is 1. The van der Waals surface area contributed by atoms with Gasteiger partial charge in [0.05, 0.1) is 18.2 Å². The first-order chi connectivity index (χ1) is 8.99. The number of carboxylic acids is 1. The zero-order valence-corrected chi connectivity index (χ0v) is 12.7. The Balaban J connectivity index is 2.48. The first kappa shape index (κ1) is 16.0. The highest BCUT2D eigenvalue weighted by Crippen LogP contribution is 2.22. The van der Waals surface area contributed by atoms with Gasteiger partial charge in [0, 0.05) is 4.88 Å². The Kier molecular flexibility index (Phi) is 6.94. The van der Waals surface area contributed by atoms with E-state index in [2.05, 4.69) is 19.2 Å². The molecule has 1 heterocycles. The molecule has 6 heteroatoms. The Morgan fingerprint density at radius 1 is 1.47 bits per heavy atom. The second-order valence-electron chi connectivity index (χ2n) is 4.64. The lowest BCUT2D eigenvalue weighted by Gasteiger charge is -2.15. The summed E-state index contributed by atoms with van der Waals surface area (Å²) in [5, 5.41) is 13.6.